The summed E-state index contributed by atoms with van der Waals surface area (Å²) in [7, 11) is 0. The van der Waals surface area contributed by atoms with Crippen LogP contribution in [0.2, 0.25) is 0 Å². The van der Waals surface area contributed by atoms with E-state index >= 15 is 0 Å². The van der Waals surface area contributed by atoms with Crippen molar-refractivity contribution < 1.29 is 22.7 Å². The Bertz CT molecular complexity index is 485. The number of carbonyl (C=O) groups excluding carboxylic acids is 1. The van der Waals surface area contributed by atoms with Gasteiger partial charge in [-0.2, -0.15) is 13.2 Å². The predicted octanol–water partition coefficient (Wildman–Crippen LogP) is 1.51. The van der Waals surface area contributed by atoms with Crippen molar-refractivity contribution in [3.63, 3.8) is 0 Å². The van der Waals surface area contributed by atoms with Crippen LogP contribution in [0.3, 0.4) is 0 Å². The van der Waals surface area contributed by atoms with E-state index in [1.165, 1.54) is 0 Å². The van der Waals surface area contributed by atoms with E-state index in [9.17, 15) is 18.0 Å². The van der Waals surface area contributed by atoms with Gasteiger partial charge >= 0.3 is 6.18 Å². The van der Waals surface area contributed by atoms with Gasteiger partial charge in [0.25, 0.3) is 5.91 Å². The molecule has 3 N–H and O–H groups in total. The van der Waals surface area contributed by atoms with E-state index in [2.05, 4.69) is 15.5 Å². The minimum Gasteiger partial charge on any atom is -0.364 e. The monoisotopic (exact) mass is 346 g/mol. The Morgan fingerprint density at radius 1 is 1.43 bits per heavy atom. The number of nitrogens with zero attached hydrogens (tertiary/aromatic N) is 2. The second kappa shape index (κ2) is 7.34. The number of halogens is 4. The lowest BCUT2D eigenvalue weighted by Gasteiger charge is -2.10. The van der Waals surface area contributed by atoms with E-state index in [0.717, 1.165) is 0 Å². The SMILES string of the molecule is Cl.NC[C@H]1CC[C@@H](C(=O)Nc2nnc(CC(F)(F)F)s2)O1. The van der Waals surface area contributed by atoms with Gasteiger partial charge in [0.15, 0.2) is 0 Å². The Labute approximate surface area is 128 Å². The molecule has 1 saturated heterocycles. The summed E-state index contributed by atoms with van der Waals surface area (Å²) < 4.78 is 41.9. The number of rotatable bonds is 4. The zero-order chi connectivity index (χ0) is 14.8. The van der Waals surface area contributed by atoms with Gasteiger partial charge in [-0.3, -0.25) is 10.1 Å². The molecular formula is C10H14ClF3N4O2S. The molecule has 6 nitrogen and oxygen atoms in total. The molecule has 0 bridgehead atoms. The second-order valence-corrected chi connectivity index (χ2v) is 5.40. The summed E-state index contributed by atoms with van der Waals surface area (Å²) in [5.74, 6) is -0.435. The maximum absolute atomic E-state index is 12.2. The maximum Gasteiger partial charge on any atom is 0.395 e. The molecule has 0 radical (unpaired) electrons. The number of anilines is 1. The molecular weight excluding hydrogens is 333 g/mol. The number of hydrogen-bond donors (Lipinski definition) is 2. The highest BCUT2D eigenvalue weighted by Gasteiger charge is 2.32. The Kier molecular flexibility index (Phi) is 6.32. The normalized spacial score (nSPS) is 21.9. The summed E-state index contributed by atoms with van der Waals surface area (Å²) in [5, 5.41) is 9.14. The van der Waals surface area contributed by atoms with Gasteiger partial charge in [0.2, 0.25) is 5.13 Å². The number of alkyl halides is 3. The smallest absolute Gasteiger partial charge is 0.364 e. The molecule has 1 aliphatic rings. The number of nitrogens with one attached hydrogen (secondary N) is 1. The van der Waals surface area contributed by atoms with Crippen molar-refractivity contribution in [3.05, 3.63) is 5.01 Å². The topological polar surface area (TPSA) is 90.1 Å². The van der Waals surface area contributed by atoms with Crippen LogP contribution in [0.25, 0.3) is 0 Å². The van der Waals surface area contributed by atoms with E-state index < -0.39 is 24.6 Å². The fourth-order valence-corrected chi connectivity index (χ4v) is 2.58. The van der Waals surface area contributed by atoms with Crippen molar-refractivity contribution in [1.29, 1.82) is 0 Å². The fraction of sp³-hybridized carbons (Fsp3) is 0.700. The number of aromatic nitrogens is 2. The third-order valence-electron chi connectivity index (χ3n) is 2.71. The molecule has 0 unspecified atom stereocenters. The van der Waals surface area contributed by atoms with Gasteiger partial charge in [0.05, 0.1) is 12.5 Å². The standard InChI is InChI=1S/C10H13F3N4O2S.ClH/c11-10(12,13)3-7-16-17-9(20-7)15-8(18)6-2-1-5(4-14)19-6;/h5-6H,1-4,14H2,(H,15,17,18);1H/t5-,6+;/m1./s1. The molecule has 1 aliphatic heterocycles. The van der Waals surface area contributed by atoms with Crippen molar-refractivity contribution in [3.8, 4) is 0 Å². The van der Waals surface area contributed by atoms with Crippen LogP contribution in [0.1, 0.15) is 17.8 Å². The number of carbonyl (C=O) groups is 1. The van der Waals surface area contributed by atoms with Gasteiger partial charge in [0, 0.05) is 6.54 Å². The van der Waals surface area contributed by atoms with Crippen molar-refractivity contribution in [2.75, 3.05) is 11.9 Å². The van der Waals surface area contributed by atoms with E-state index in [0.29, 0.717) is 30.7 Å². The molecule has 2 atom stereocenters. The lowest BCUT2D eigenvalue weighted by Crippen LogP contribution is -2.29. The van der Waals surface area contributed by atoms with E-state index in [4.69, 9.17) is 10.5 Å². The van der Waals surface area contributed by atoms with Crippen molar-refractivity contribution in [1.82, 2.24) is 10.2 Å². The third kappa shape index (κ3) is 5.38. The van der Waals surface area contributed by atoms with Crippen molar-refractivity contribution >= 4 is 34.8 Å². The van der Waals surface area contributed by atoms with E-state index in [1.807, 2.05) is 0 Å². The molecule has 1 aromatic heterocycles. The first-order chi connectivity index (χ1) is 9.37. The number of amides is 1. The van der Waals surface area contributed by atoms with Crippen LogP contribution in [0.15, 0.2) is 0 Å². The first kappa shape index (κ1) is 18.1. The molecule has 0 aliphatic carbocycles. The summed E-state index contributed by atoms with van der Waals surface area (Å²) in [6.07, 6.45) is -5.08. The lowest BCUT2D eigenvalue weighted by molar-refractivity contribution is -0.127. The summed E-state index contributed by atoms with van der Waals surface area (Å²) in [6, 6.07) is 0. The number of ether oxygens (including phenoxy) is 1. The Morgan fingerprint density at radius 2 is 2.14 bits per heavy atom. The minimum absolute atomic E-state index is 0. The van der Waals surface area contributed by atoms with Gasteiger partial charge in [0.1, 0.15) is 11.1 Å². The van der Waals surface area contributed by atoms with Crippen LogP contribution in [-0.4, -0.2) is 41.0 Å². The van der Waals surface area contributed by atoms with Gasteiger partial charge in [-0.15, -0.1) is 22.6 Å². The minimum atomic E-state index is -4.34. The van der Waals surface area contributed by atoms with E-state index in [1.54, 1.807) is 0 Å². The molecule has 1 aromatic rings. The number of hydrogen-bond acceptors (Lipinski definition) is 6. The summed E-state index contributed by atoms with van der Waals surface area (Å²) >= 11 is 0.699. The molecule has 2 rings (SSSR count). The lowest BCUT2D eigenvalue weighted by atomic mass is 10.2. The zero-order valence-corrected chi connectivity index (χ0v) is 12.4. The summed E-state index contributed by atoms with van der Waals surface area (Å²) in [5.41, 5.74) is 5.43. The summed E-state index contributed by atoms with van der Waals surface area (Å²) in [4.78, 5) is 11.8. The van der Waals surface area contributed by atoms with Crippen LogP contribution in [0.5, 0.6) is 0 Å². The maximum atomic E-state index is 12.2. The van der Waals surface area contributed by atoms with Crippen molar-refractivity contribution in [2.24, 2.45) is 5.73 Å². The third-order valence-corrected chi connectivity index (χ3v) is 3.55. The highest BCUT2D eigenvalue weighted by atomic mass is 35.5. The molecule has 0 spiro atoms. The average molecular weight is 347 g/mol. The van der Waals surface area contributed by atoms with Crippen LogP contribution in [-0.2, 0) is 16.0 Å². The molecule has 2 heterocycles. The Balaban J connectivity index is 0.00000220. The second-order valence-electron chi connectivity index (χ2n) is 4.34. The van der Waals surface area contributed by atoms with Crippen molar-refractivity contribution in [2.45, 2.75) is 37.6 Å². The summed E-state index contributed by atoms with van der Waals surface area (Å²) in [6.45, 7) is 0.332. The highest BCUT2D eigenvalue weighted by Crippen LogP contribution is 2.26. The molecule has 1 amide bonds. The van der Waals surface area contributed by atoms with Crippen LogP contribution in [0.4, 0.5) is 18.3 Å². The fourth-order valence-electron chi connectivity index (χ4n) is 1.80. The molecule has 11 heteroatoms. The predicted molar refractivity (Wildman–Crippen MR) is 72.5 cm³/mol. The van der Waals surface area contributed by atoms with Crippen LogP contribution in [0, 0.1) is 0 Å². The molecule has 21 heavy (non-hydrogen) atoms. The Morgan fingerprint density at radius 3 is 2.71 bits per heavy atom. The van der Waals surface area contributed by atoms with Crippen LogP contribution < -0.4 is 11.1 Å². The van der Waals surface area contributed by atoms with Crippen LogP contribution >= 0.6 is 23.7 Å². The van der Waals surface area contributed by atoms with E-state index in [-0.39, 0.29) is 28.7 Å². The first-order valence-electron chi connectivity index (χ1n) is 5.93. The largest absolute Gasteiger partial charge is 0.395 e. The average Bonchev–Trinajstić information content (AvgIpc) is 2.96. The van der Waals surface area contributed by atoms with Gasteiger partial charge in [-0.25, -0.2) is 0 Å². The van der Waals surface area contributed by atoms with Gasteiger partial charge in [-0.05, 0) is 12.8 Å². The molecule has 120 valence electrons. The first-order valence-corrected chi connectivity index (χ1v) is 6.74. The Hall–Kier alpha value is -0.970. The van der Waals surface area contributed by atoms with Gasteiger partial charge < -0.3 is 10.5 Å². The quantitative estimate of drug-likeness (QED) is 0.862. The zero-order valence-electron chi connectivity index (χ0n) is 10.7. The molecule has 1 fully saturated rings. The number of nitrogens with two attached hydrogens (primary N) is 1. The molecule has 0 aromatic carbocycles. The highest BCUT2D eigenvalue weighted by molar-refractivity contribution is 7.15. The van der Waals surface area contributed by atoms with Gasteiger partial charge in [-0.1, -0.05) is 11.3 Å². The molecule has 0 saturated carbocycles.